The van der Waals surface area contributed by atoms with Gasteiger partial charge in [-0.2, -0.15) is 0 Å². The molecule has 4 heteroatoms. The summed E-state index contributed by atoms with van der Waals surface area (Å²) in [6.07, 6.45) is 4.50. The highest BCUT2D eigenvalue weighted by Crippen LogP contribution is 2.35. The first-order chi connectivity index (χ1) is 12.6. The van der Waals surface area contributed by atoms with Gasteiger partial charge in [-0.15, -0.1) is 0 Å². The Balaban J connectivity index is 1.77. The van der Waals surface area contributed by atoms with Crippen LogP contribution in [0.4, 0.5) is 5.69 Å². The predicted molar refractivity (Wildman–Crippen MR) is 104 cm³/mol. The monoisotopic (exact) mass is 351 g/mol. The van der Waals surface area contributed by atoms with Crippen LogP contribution in [0.3, 0.4) is 0 Å². The predicted octanol–water partition coefficient (Wildman–Crippen LogP) is 3.65. The van der Waals surface area contributed by atoms with Crippen LogP contribution in [0.2, 0.25) is 0 Å². The van der Waals surface area contributed by atoms with Gasteiger partial charge < -0.3 is 9.84 Å². The first-order valence-electron chi connectivity index (χ1n) is 9.46. The summed E-state index contributed by atoms with van der Waals surface area (Å²) in [4.78, 5) is 2.28. The van der Waals surface area contributed by atoms with Crippen molar-refractivity contribution in [2.75, 3.05) is 25.1 Å². The SMILES string of the molecule is COc1ccc(N2CC(O)(c3ccc(C)cc3)[N+]3=C2CCCCC3)cc1. The van der Waals surface area contributed by atoms with Gasteiger partial charge in [0.1, 0.15) is 11.4 Å². The second kappa shape index (κ2) is 6.76. The molecule has 1 N–H and O–H groups in total. The van der Waals surface area contributed by atoms with Crippen molar-refractivity contribution in [2.45, 2.75) is 38.3 Å². The lowest BCUT2D eigenvalue weighted by Gasteiger charge is -2.23. The normalized spacial score (nSPS) is 23.0. The van der Waals surface area contributed by atoms with Gasteiger partial charge in [0.2, 0.25) is 0 Å². The van der Waals surface area contributed by atoms with Crippen molar-refractivity contribution in [3.63, 3.8) is 0 Å². The number of aryl methyl sites for hydroxylation is 1. The Bertz CT molecular complexity index is 811. The molecular formula is C22H27N2O2+. The first kappa shape index (κ1) is 17.1. The van der Waals surface area contributed by atoms with Gasteiger partial charge in [-0.1, -0.05) is 29.8 Å². The van der Waals surface area contributed by atoms with Gasteiger partial charge in [0.25, 0.3) is 11.6 Å². The number of rotatable bonds is 3. The highest BCUT2D eigenvalue weighted by Gasteiger charge is 2.51. The largest absolute Gasteiger partial charge is 0.497 e. The fourth-order valence-corrected chi connectivity index (χ4v) is 4.14. The highest BCUT2D eigenvalue weighted by molar-refractivity contribution is 5.96. The Morgan fingerprint density at radius 2 is 1.73 bits per heavy atom. The first-order valence-corrected chi connectivity index (χ1v) is 9.46. The average Bonchev–Trinajstić information content (AvgIpc) is 2.82. The minimum absolute atomic E-state index is 0.553. The van der Waals surface area contributed by atoms with Crippen LogP contribution in [0.5, 0.6) is 5.75 Å². The number of methoxy groups -OCH3 is 1. The lowest BCUT2D eigenvalue weighted by molar-refractivity contribution is -0.658. The van der Waals surface area contributed by atoms with E-state index in [1.807, 2.05) is 12.1 Å². The Kier molecular flexibility index (Phi) is 4.45. The Labute approximate surface area is 155 Å². The molecule has 0 spiro atoms. The van der Waals surface area contributed by atoms with Gasteiger partial charge >= 0.3 is 0 Å². The minimum Gasteiger partial charge on any atom is -0.497 e. The van der Waals surface area contributed by atoms with Crippen molar-refractivity contribution in [1.29, 1.82) is 0 Å². The smallest absolute Gasteiger partial charge is 0.271 e. The molecule has 0 aromatic heterocycles. The summed E-state index contributed by atoms with van der Waals surface area (Å²) >= 11 is 0. The van der Waals surface area contributed by atoms with Gasteiger partial charge in [0.05, 0.1) is 13.7 Å². The van der Waals surface area contributed by atoms with Gasteiger partial charge in [-0.05, 0) is 50.5 Å². The van der Waals surface area contributed by atoms with Crippen molar-refractivity contribution in [1.82, 2.24) is 0 Å². The molecule has 0 radical (unpaired) electrons. The Morgan fingerprint density at radius 3 is 2.42 bits per heavy atom. The van der Waals surface area contributed by atoms with Crippen molar-refractivity contribution in [3.05, 3.63) is 59.7 Å². The fraction of sp³-hybridized carbons (Fsp3) is 0.409. The van der Waals surface area contributed by atoms with E-state index in [1.54, 1.807) is 7.11 Å². The van der Waals surface area contributed by atoms with Crippen LogP contribution >= 0.6 is 0 Å². The average molecular weight is 351 g/mol. The molecule has 1 atom stereocenters. The summed E-state index contributed by atoms with van der Waals surface area (Å²) in [6, 6.07) is 16.4. The third kappa shape index (κ3) is 2.88. The topological polar surface area (TPSA) is 35.7 Å². The third-order valence-corrected chi connectivity index (χ3v) is 5.63. The number of amidine groups is 1. The summed E-state index contributed by atoms with van der Waals surface area (Å²) in [7, 11) is 1.68. The van der Waals surface area contributed by atoms with Crippen LogP contribution in [-0.2, 0) is 5.72 Å². The van der Waals surface area contributed by atoms with Gasteiger partial charge in [0.15, 0.2) is 6.54 Å². The van der Waals surface area contributed by atoms with Crippen molar-refractivity contribution in [3.8, 4) is 5.75 Å². The molecule has 26 heavy (non-hydrogen) atoms. The number of anilines is 1. The maximum atomic E-state index is 11.7. The maximum absolute atomic E-state index is 11.7. The second-order valence-electron chi connectivity index (χ2n) is 7.35. The van der Waals surface area contributed by atoms with Gasteiger partial charge in [-0.3, -0.25) is 0 Å². The van der Waals surface area contributed by atoms with Crippen LogP contribution in [0, 0.1) is 6.92 Å². The molecule has 1 unspecified atom stereocenters. The molecule has 4 rings (SSSR count). The van der Waals surface area contributed by atoms with Gasteiger partial charge in [0, 0.05) is 12.0 Å². The molecule has 0 fully saturated rings. The van der Waals surface area contributed by atoms with E-state index >= 15 is 0 Å². The van der Waals surface area contributed by atoms with E-state index in [-0.39, 0.29) is 0 Å². The van der Waals surface area contributed by atoms with Crippen LogP contribution < -0.4 is 9.64 Å². The Hall–Kier alpha value is -2.33. The second-order valence-corrected chi connectivity index (χ2v) is 7.35. The van der Waals surface area contributed by atoms with Crippen LogP contribution in [0.25, 0.3) is 0 Å². The summed E-state index contributed by atoms with van der Waals surface area (Å²) in [5, 5.41) is 11.7. The summed E-state index contributed by atoms with van der Waals surface area (Å²) in [6.45, 7) is 3.53. The lowest BCUT2D eigenvalue weighted by Crippen LogP contribution is -2.41. The third-order valence-electron chi connectivity index (χ3n) is 5.63. The zero-order valence-corrected chi connectivity index (χ0v) is 15.6. The lowest BCUT2D eigenvalue weighted by atomic mass is 10.0. The fourth-order valence-electron chi connectivity index (χ4n) is 4.14. The van der Waals surface area contributed by atoms with Gasteiger partial charge in [-0.25, -0.2) is 9.48 Å². The van der Waals surface area contributed by atoms with Crippen LogP contribution in [0.1, 0.15) is 36.8 Å². The minimum atomic E-state index is -0.979. The molecule has 136 valence electrons. The molecule has 2 heterocycles. The summed E-state index contributed by atoms with van der Waals surface area (Å²) in [5.41, 5.74) is 2.31. The molecule has 0 bridgehead atoms. The number of nitrogens with zero attached hydrogens (tertiary/aromatic N) is 2. The summed E-state index contributed by atoms with van der Waals surface area (Å²) < 4.78 is 7.53. The maximum Gasteiger partial charge on any atom is 0.271 e. The zero-order valence-electron chi connectivity index (χ0n) is 15.6. The molecule has 4 nitrogen and oxygen atoms in total. The standard InChI is InChI=1S/C22H27N2O2/c1-17-7-9-18(10-8-17)22(25)16-23(19-11-13-20(26-2)14-12-19)21-6-4-3-5-15-24(21)22/h7-14,25H,3-6,15-16H2,1-2H3/q+1. The molecule has 2 aliphatic rings. The Morgan fingerprint density at radius 1 is 1.00 bits per heavy atom. The molecule has 0 saturated heterocycles. The number of hydrogen-bond acceptors (Lipinski definition) is 3. The van der Waals surface area contributed by atoms with Crippen LogP contribution in [0.15, 0.2) is 48.5 Å². The van der Waals surface area contributed by atoms with E-state index < -0.39 is 5.72 Å². The molecule has 0 amide bonds. The number of β-amino-alcohol motifs (C(OH)–C–C–N with tert-alkyl or cyclic N) is 1. The van der Waals surface area contributed by atoms with Crippen molar-refractivity contribution < 1.29 is 14.4 Å². The quantitative estimate of drug-likeness (QED) is 0.858. The summed E-state index contributed by atoms with van der Waals surface area (Å²) in [5.74, 6) is 2.08. The number of hydrogen-bond donors (Lipinski definition) is 1. The molecule has 2 aromatic carbocycles. The van der Waals surface area contributed by atoms with Crippen LogP contribution in [-0.4, -0.2) is 35.7 Å². The van der Waals surface area contributed by atoms with E-state index in [1.165, 1.54) is 24.2 Å². The number of ether oxygens (including phenoxy) is 1. The number of benzene rings is 2. The molecular weight excluding hydrogens is 324 g/mol. The van der Waals surface area contributed by atoms with Crippen molar-refractivity contribution >= 4 is 11.5 Å². The number of aliphatic hydroxyl groups is 1. The zero-order chi connectivity index (χ0) is 18.1. The molecule has 0 aliphatic carbocycles. The molecule has 2 aromatic rings. The van der Waals surface area contributed by atoms with E-state index in [0.717, 1.165) is 36.4 Å². The van der Waals surface area contributed by atoms with E-state index in [4.69, 9.17) is 4.74 Å². The molecule has 0 saturated carbocycles. The highest BCUT2D eigenvalue weighted by atomic mass is 16.5. The van der Waals surface area contributed by atoms with E-state index in [2.05, 4.69) is 52.8 Å². The van der Waals surface area contributed by atoms with E-state index in [9.17, 15) is 5.11 Å². The molecule has 2 aliphatic heterocycles. The van der Waals surface area contributed by atoms with E-state index in [0.29, 0.717) is 6.54 Å². The van der Waals surface area contributed by atoms with Crippen molar-refractivity contribution in [2.24, 2.45) is 0 Å².